The number of rotatable bonds is 1. The second kappa shape index (κ2) is 7.73. The van der Waals surface area contributed by atoms with Crippen LogP contribution in [-0.2, 0) is 0 Å². The van der Waals surface area contributed by atoms with E-state index in [1.807, 2.05) is 85.0 Å². The van der Waals surface area contributed by atoms with Crippen molar-refractivity contribution in [1.82, 2.24) is 0 Å². The quantitative estimate of drug-likeness (QED) is 0.520. The maximum absolute atomic E-state index is 9.94. The molecule has 29 heavy (non-hydrogen) atoms. The molecule has 2 aliphatic rings. The van der Waals surface area contributed by atoms with E-state index in [1.54, 1.807) is 0 Å². The molecule has 0 saturated carbocycles. The maximum Gasteiger partial charge on any atom is 0.179 e. The molecule has 0 fully saturated rings. The van der Waals surface area contributed by atoms with Gasteiger partial charge in [-0.05, 0) is 53.1 Å². The van der Waals surface area contributed by atoms with Crippen molar-refractivity contribution in [3.05, 3.63) is 107 Å². The molecule has 3 heteroatoms. The highest BCUT2D eigenvalue weighted by Crippen LogP contribution is 2.51. The van der Waals surface area contributed by atoms with Crippen molar-refractivity contribution in [3.8, 4) is 24.0 Å². The lowest BCUT2D eigenvalue weighted by molar-refractivity contribution is 0.578. The van der Waals surface area contributed by atoms with Crippen LogP contribution in [0.4, 0.5) is 0 Å². The summed E-state index contributed by atoms with van der Waals surface area (Å²) in [5.41, 5.74) is 3.15. The highest BCUT2D eigenvalue weighted by molar-refractivity contribution is 7.80. The fourth-order valence-electron chi connectivity index (χ4n) is 3.62. The van der Waals surface area contributed by atoms with Crippen molar-refractivity contribution in [1.29, 1.82) is 10.5 Å². The van der Waals surface area contributed by atoms with E-state index in [9.17, 15) is 10.5 Å². The van der Waals surface area contributed by atoms with Crippen LogP contribution >= 0.6 is 12.6 Å². The summed E-state index contributed by atoms with van der Waals surface area (Å²) in [5.74, 6) is 6.02. The van der Waals surface area contributed by atoms with Crippen LogP contribution in [0, 0.1) is 45.8 Å². The average Bonchev–Trinajstić information content (AvgIpc) is 2.88. The van der Waals surface area contributed by atoms with E-state index in [0.717, 1.165) is 32.7 Å². The Kier molecular flexibility index (Phi) is 4.97. The van der Waals surface area contributed by atoms with Crippen LogP contribution in [0.1, 0.15) is 16.7 Å². The molecular weight excluding hydrogens is 372 g/mol. The van der Waals surface area contributed by atoms with Gasteiger partial charge in [-0.3, -0.25) is 0 Å². The van der Waals surface area contributed by atoms with Crippen molar-refractivity contribution in [2.24, 2.45) is 11.3 Å². The monoisotopic (exact) mass is 388 g/mol. The first kappa shape index (κ1) is 18.6. The lowest BCUT2D eigenvalue weighted by atomic mass is 9.73. The SMILES string of the molecule is N#CC1(C#N)C(c2ccc(C#Cc3ccc(S)cc3)cc2)=CC2=CC=CC=CC21. The average molecular weight is 388 g/mol. The van der Waals surface area contributed by atoms with Gasteiger partial charge in [-0.25, -0.2) is 0 Å². The van der Waals surface area contributed by atoms with Crippen molar-refractivity contribution in [3.63, 3.8) is 0 Å². The molecule has 0 amide bonds. The minimum absolute atomic E-state index is 0.267. The number of hydrogen-bond donors (Lipinski definition) is 1. The highest BCUT2D eigenvalue weighted by Gasteiger charge is 2.48. The van der Waals surface area contributed by atoms with Crippen LogP contribution < -0.4 is 0 Å². The Hall–Kier alpha value is -3.71. The third kappa shape index (κ3) is 3.43. The van der Waals surface area contributed by atoms with Gasteiger partial charge < -0.3 is 0 Å². The fourth-order valence-corrected chi connectivity index (χ4v) is 3.77. The Morgan fingerprint density at radius 2 is 1.41 bits per heavy atom. The first-order valence-electron chi connectivity index (χ1n) is 9.17. The molecule has 2 aliphatic carbocycles. The van der Waals surface area contributed by atoms with Gasteiger partial charge in [0.15, 0.2) is 5.41 Å². The molecule has 0 heterocycles. The molecule has 0 bridgehead atoms. The Labute approximate surface area is 176 Å². The van der Waals surface area contributed by atoms with E-state index in [2.05, 4.69) is 36.6 Å². The molecule has 1 unspecified atom stereocenters. The Morgan fingerprint density at radius 3 is 2.03 bits per heavy atom. The molecule has 2 aromatic carbocycles. The first-order valence-corrected chi connectivity index (χ1v) is 9.62. The maximum atomic E-state index is 9.94. The van der Waals surface area contributed by atoms with E-state index < -0.39 is 5.41 Å². The predicted molar refractivity (Wildman–Crippen MR) is 118 cm³/mol. The molecule has 0 N–H and O–H groups in total. The van der Waals surface area contributed by atoms with Crippen LogP contribution in [0.2, 0.25) is 0 Å². The van der Waals surface area contributed by atoms with E-state index >= 15 is 0 Å². The first-order chi connectivity index (χ1) is 14.2. The summed E-state index contributed by atoms with van der Waals surface area (Å²) in [6.07, 6.45) is 11.6. The number of nitriles is 2. The summed E-state index contributed by atoms with van der Waals surface area (Å²) in [4.78, 5) is 0.903. The number of fused-ring (bicyclic) bond motifs is 1. The molecule has 1 atom stereocenters. The van der Waals surface area contributed by atoms with E-state index in [-0.39, 0.29) is 5.92 Å². The summed E-state index contributed by atoms with van der Waals surface area (Å²) >= 11 is 4.28. The minimum Gasteiger partial charge on any atom is -0.196 e. The topological polar surface area (TPSA) is 47.6 Å². The summed E-state index contributed by atoms with van der Waals surface area (Å²) in [6, 6.07) is 20.0. The number of benzene rings is 2. The molecule has 4 rings (SSSR count). The zero-order valence-electron chi connectivity index (χ0n) is 15.5. The summed E-state index contributed by atoms with van der Waals surface area (Å²) < 4.78 is 0. The van der Waals surface area contributed by atoms with Crippen LogP contribution in [0.15, 0.2) is 95.5 Å². The van der Waals surface area contributed by atoms with Gasteiger partial charge in [-0.2, -0.15) is 10.5 Å². The van der Waals surface area contributed by atoms with Crippen molar-refractivity contribution in [2.75, 3.05) is 0 Å². The Morgan fingerprint density at radius 1 is 0.793 bits per heavy atom. The molecule has 2 aromatic rings. The zero-order chi connectivity index (χ0) is 20.3. The van der Waals surface area contributed by atoms with Gasteiger partial charge >= 0.3 is 0 Å². The van der Waals surface area contributed by atoms with Crippen LogP contribution in [0.5, 0.6) is 0 Å². The largest absolute Gasteiger partial charge is 0.196 e. The predicted octanol–water partition coefficient (Wildman–Crippen LogP) is 5.47. The molecule has 136 valence electrons. The highest BCUT2D eigenvalue weighted by atomic mass is 32.1. The number of allylic oxidation sites excluding steroid dienone is 8. The van der Waals surface area contributed by atoms with Crippen LogP contribution in [0.3, 0.4) is 0 Å². The Balaban J connectivity index is 1.68. The molecule has 0 aliphatic heterocycles. The standard InChI is InChI=1S/C26H16N2S/c27-17-26(18-28)24-5-3-1-2-4-22(24)16-25(26)21-12-8-19(9-13-21)6-7-20-10-14-23(29)15-11-20/h1-5,8-16,24,29H. The number of thiol groups is 1. The van der Waals surface area contributed by atoms with Crippen molar-refractivity contribution < 1.29 is 0 Å². The fraction of sp³-hybridized carbons (Fsp3) is 0.0769. The molecule has 2 nitrogen and oxygen atoms in total. The molecule has 0 aromatic heterocycles. The second-order valence-corrected chi connectivity index (χ2v) is 7.39. The zero-order valence-corrected chi connectivity index (χ0v) is 16.4. The molecule has 0 radical (unpaired) electrons. The molecule has 0 saturated heterocycles. The van der Waals surface area contributed by atoms with Crippen LogP contribution in [0.25, 0.3) is 5.57 Å². The van der Waals surface area contributed by atoms with Gasteiger partial charge in [0.05, 0.1) is 12.1 Å². The third-order valence-electron chi connectivity index (χ3n) is 5.14. The van der Waals surface area contributed by atoms with Crippen LogP contribution in [-0.4, -0.2) is 0 Å². The van der Waals surface area contributed by atoms with Crippen molar-refractivity contribution in [2.45, 2.75) is 4.90 Å². The van der Waals surface area contributed by atoms with Crippen molar-refractivity contribution >= 4 is 18.2 Å². The second-order valence-electron chi connectivity index (χ2n) is 6.88. The van der Waals surface area contributed by atoms with Gasteiger partial charge in [0.25, 0.3) is 0 Å². The lowest BCUT2D eigenvalue weighted by Crippen LogP contribution is -2.24. The van der Waals surface area contributed by atoms with Gasteiger partial charge in [-0.1, -0.05) is 60.4 Å². The van der Waals surface area contributed by atoms with E-state index in [0.29, 0.717) is 0 Å². The normalized spacial score (nSPS) is 18.2. The summed E-state index contributed by atoms with van der Waals surface area (Å²) in [5, 5.41) is 19.9. The lowest BCUT2D eigenvalue weighted by Gasteiger charge is -2.23. The smallest absolute Gasteiger partial charge is 0.179 e. The molecule has 0 spiro atoms. The number of nitrogens with zero attached hydrogens (tertiary/aromatic N) is 2. The van der Waals surface area contributed by atoms with Gasteiger partial charge in [-0.15, -0.1) is 12.6 Å². The van der Waals surface area contributed by atoms with Gasteiger partial charge in [0, 0.05) is 21.9 Å². The summed E-state index contributed by atoms with van der Waals surface area (Å²) in [7, 11) is 0. The third-order valence-corrected chi connectivity index (χ3v) is 5.44. The Bertz CT molecular complexity index is 1200. The van der Waals surface area contributed by atoms with E-state index in [1.165, 1.54) is 0 Å². The van der Waals surface area contributed by atoms with Gasteiger partial charge in [0.1, 0.15) is 0 Å². The molecular formula is C26H16N2S. The minimum atomic E-state index is -1.23. The number of hydrogen-bond acceptors (Lipinski definition) is 3. The summed E-state index contributed by atoms with van der Waals surface area (Å²) in [6.45, 7) is 0. The van der Waals surface area contributed by atoms with Gasteiger partial charge in [0.2, 0.25) is 0 Å². The van der Waals surface area contributed by atoms with E-state index in [4.69, 9.17) is 0 Å².